The Kier molecular flexibility index (Phi) is 3.48. The van der Waals surface area contributed by atoms with Gasteiger partial charge in [0.2, 0.25) is 5.91 Å². The zero-order chi connectivity index (χ0) is 13.6. The number of nitrogens with one attached hydrogen (secondary N) is 1. The van der Waals surface area contributed by atoms with Crippen molar-refractivity contribution in [2.75, 3.05) is 0 Å². The molecular formula is C15H28N2O. The van der Waals surface area contributed by atoms with Gasteiger partial charge in [-0.15, -0.1) is 0 Å². The molecule has 3 nitrogen and oxygen atoms in total. The van der Waals surface area contributed by atoms with Crippen LogP contribution < -0.4 is 5.32 Å². The number of nitrogens with zero attached hydrogens (tertiary/aromatic N) is 1. The van der Waals surface area contributed by atoms with E-state index in [0.29, 0.717) is 5.91 Å². The Balaban J connectivity index is 2.26. The molecule has 104 valence electrons. The van der Waals surface area contributed by atoms with Gasteiger partial charge in [-0.05, 0) is 31.6 Å². The van der Waals surface area contributed by atoms with Gasteiger partial charge >= 0.3 is 0 Å². The summed E-state index contributed by atoms with van der Waals surface area (Å²) in [5, 5.41) is 3.65. The van der Waals surface area contributed by atoms with Gasteiger partial charge in [-0.3, -0.25) is 10.1 Å². The second kappa shape index (κ2) is 4.52. The first-order valence-electron chi connectivity index (χ1n) is 7.42. The number of carbonyl (C=O) groups is 1. The van der Waals surface area contributed by atoms with Gasteiger partial charge in [0.1, 0.15) is 0 Å². The number of carbonyl (C=O) groups excluding carboxylic acids is 1. The van der Waals surface area contributed by atoms with Gasteiger partial charge in [-0.2, -0.15) is 0 Å². The molecule has 0 radical (unpaired) electrons. The molecule has 1 saturated carbocycles. The Morgan fingerprint density at radius 3 is 2.39 bits per heavy atom. The Labute approximate surface area is 111 Å². The molecule has 1 heterocycles. The Bertz CT molecular complexity index is 326. The Hall–Kier alpha value is -0.570. The maximum atomic E-state index is 12.9. The van der Waals surface area contributed by atoms with E-state index in [1.54, 1.807) is 0 Å². The molecule has 3 heteroatoms. The van der Waals surface area contributed by atoms with Gasteiger partial charge in [0.15, 0.2) is 0 Å². The second-order valence-corrected chi connectivity index (χ2v) is 7.11. The van der Waals surface area contributed by atoms with E-state index < -0.39 is 0 Å². The fourth-order valence-corrected chi connectivity index (χ4v) is 3.34. The molecule has 2 fully saturated rings. The van der Waals surface area contributed by atoms with Gasteiger partial charge in [-0.1, -0.05) is 40.5 Å². The van der Waals surface area contributed by atoms with Crippen LogP contribution in [0.1, 0.15) is 66.7 Å². The van der Waals surface area contributed by atoms with Gasteiger partial charge in [0, 0.05) is 6.04 Å². The van der Waals surface area contributed by atoms with Crippen molar-refractivity contribution in [1.29, 1.82) is 0 Å². The second-order valence-electron chi connectivity index (χ2n) is 7.11. The minimum absolute atomic E-state index is 0.134. The number of hydrogen-bond donors (Lipinski definition) is 1. The van der Waals surface area contributed by atoms with Crippen molar-refractivity contribution < 1.29 is 4.79 Å². The summed E-state index contributed by atoms with van der Waals surface area (Å²) in [6, 6.07) is 0.280. The molecule has 1 aliphatic heterocycles. The standard InChI is InChI=1S/C15H28N2O/c1-6-12-16-15(9-7-8-10-15)13(18)17(12)11(2)14(3,4)5/h11-12,16H,6-10H2,1-5H3. The third-order valence-corrected chi connectivity index (χ3v) is 4.94. The van der Waals surface area contributed by atoms with Gasteiger partial charge in [0.05, 0.1) is 11.7 Å². The SMILES string of the molecule is CCC1NC2(CCCC2)C(=O)N1C(C)C(C)(C)C. The lowest BCUT2D eigenvalue weighted by Gasteiger charge is -2.38. The molecule has 1 amide bonds. The first kappa shape index (κ1) is 13.9. The van der Waals surface area contributed by atoms with E-state index in [4.69, 9.17) is 0 Å². The fraction of sp³-hybridized carbons (Fsp3) is 0.933. The van der Waals surface area contributed by atoms with Crippen molar-refractivity contribution in [3.63, 3.8) is 0 Å². The summed E-state index contributed by atoms with van der Waals surface area (Å²) in [4.78, 5) is 15.0. The molecule has 1 N–H and O–H groups in total. The number of hydrogen-bond acceptors (Lipinski definition) is 2. The summed E-state index contributed by atoms with van der Waals surface area (Å²) in [5.74, 6) is 0.356. The van der Waals surface area contributed by atoms with Crippen molar-refractivity contribution in [2.45, 2.75) is 84.5 Å². The fourth-order valence-electron chi connectivity index (χ4n) is 3.34. The molecule has 2 unspecified atom stereocenters. The highest BCUT2D eigenvalue weighted by atomic mass is 16.2. The van der Waals surface area contributed by atoms with Gasteiger partial charge in [-0.25, -0.2) is 0 Å². The average Bonchev–Trinajstić information content (AvgIpc) is 2.85. The zero-order valence-electron chi connectivity index (χ0n) is 12.5. The van der Waals surface area contributed by atoms with Crippen LogP contribution in [0.3, 0.4) is 0 Å². The molecule has 0 aromatic heterocycles. The average molecular weight is 252 g/mol. The van der Waals surface area contributed by atoms with E-state index in [2.05, 4.69) is 44.8 Å². The van der Waals surface area contributed by atoms with Crippen LogP contribution in [-0.4, -0.2) is 28.6 Å². The maximum absolute atomic E-state index is 12.9. The molecule has 0 bridgehead atoms. The highest BCUT2D eigenvalue weighted by Gasteiger charge is 2.53. The third-order valence-electron chi connectivity index (χ3n) is 4.94. The first-order valence-corrected chi connectivity index (χ1v) is 7.42. The predicted octanol–water partition coefficient (Wildman–Crippen LogP) is 2.90. The minimum Gasteiger partial charge on any atom is -0.322 e. The van der Waals surface area contributed by atoms with Crippen molar-refractivity contribution in [3.8, 4) is 0 Å². The van der Waals surface area contributed by atoms with E-state index in [9.17, 15) is 4.79 Å². The summed E-state index contributed by atoms with van der Waals surface area (Å²) in [6.07, 6.45) is 5.64. The van der Waals surface area contributed by atoms with Crippen LogP contribution in [0.4, 0.5) is 0 Å². The number of amides is 1. The summed E-state index contributed by atoms with van der Waals surface area (Å²) in [7, 11) is 0. The highest BCUT2D eigenvalue weighted by molar-refractivity contribution is 5.89. The topological polar surface area (TPSA) is 32.3 Å². The molecule has 18 heavy (non-hydrogen) atoms. The van der Waals surface area contributed by atoms with Crippen molar-refractivity contribution >= 4 is 5.91 Å². The van der Waals surface area contributed by atoms with E-state index in [1.807, 2.05) is 0 Å². The molecule has 1 aliphatic carbocycles. The smallest absolute Gasteiger partial charge is 0.244 e. The third kappa shape index (κ3) is 2.07. The summed E-state index contributed by atoms with van der Waals surface area (Å²) >= 11 is 0. The minimum atomic E-state index is -0.222. The summed E-state index contributed by atoms with van der Waals surface area (Å²) < 4.78 is 0. The monoisotopic (exact) mass is 252 g/mol. The van der Waals surface area contributed by atoms with E-state index in [1.165, 1.54) is 12.8 Å². The van der Waals surface area contributed by atoms with Crippen LogP contribution in [0.25, 0.3) is 0 Å². The largest absolute Gasteiger partial charge is 0.322 e. The van der Waals surface area contributed by atoms with Crippen LogP contribution in [0.5, 0.6) is 0 Å². The van der Waals surface area contributed by atoms with E-state index in [0.717, 1.165) is 19.3 Å². The Morgan fingerprint density at radius 1 is 1.39 bits per heavy atom. The molecule has 1 spiro atoms. The lowest BCUT2D eigenvalue weighted by Crippen LogP contribution is -2.49. The lowest BCUT2D eigenvalue weighted by atomic mass is 9.86. The summed E-state index contributed by atoms with van der Waals surface area (Å²) in [6.45, 7) is 11.0. The van der Waals surface area contributed by atoms with Gasteiger partial charge in [0.25, 0.3) is 0 Å². The molecule has 2 aliphatic rings. The van der Waals surface area contributed by atoms with Crippen molar-refractivity contribution in [1.82, 2.24) is 10.2 Å². The quantitative estimate of drug-likeness (QED) is 0.819. The van der Waals surface area contributed by atoms with Crippen LogP contribution in [0.2, 0.25) is 0 Å². The highest BCUT2D eigenvalue weighted by Crippen LogP contribution is 2.40. The molecular weight excluding hydrogens is 224 g/mol. The van der Waals surface area contributed by atoms with Crippen molar-refractivity contribution in [3.05, 3.63) is 0 Å². The Morgan fingerprint density at radius 2 is 1.94 bits per heavy atom. The van der Waals surface area contributed by atoms with Crippen LogP contribution in [0, 0.1) is 5.41 Å². The molecule has 0 aromatic carbocycles. The van der Waals surface area contributed by atoms with Crippen molar-refractivity contribution in [2.24, 2.45) is 5.41 Å². The predicted molar refractivity (Wildman–Crippen MR) is 74.2 cm³/mol. The van der Waals surface area contributed by atoms with Crippen LogP contribution >= 0.6 is 0 Å². The van der Waals surface area contributed by atoms with Crippen LogP contribution in [0.15, 0.2) is 0 Å². The molecule has 1 saturated heterocycles. The lowest BCUT2D eigenvalue weighted by molar-refractivity contribution is -0.137. The van der Waals surface area contributed by atoms with E-state index in [-0.39, 0.29) is 23.2 Å². The van der Waals surface area contributed by atoms with Crippen LogP contribution in [-0.2, 0) is 4.79 Å². The molecule has 0 aromatic rings. The molecule has 2 rings (SSSR count). The zero-order valence-corrected chi connectivity index (χ0v) is 12.5. The van der Waals surface area contributed by atoms with Gasteiger partial charge < -0.3 is 4.90 Å². The first-order chi connectivity index (χ1) is 8.32. The van der Waals surface area contributed by atoms with E-state index >= 15 is 0 Å². The number of rotatable bonds is 2. The normalized spacial score (nSPS) is 29.3. The maximum Gasteiger partial charge on any atom is 0.244 e. The molecule has 2 atom stereocenters. The summed E-state index contributed by atoms with van der Waals surface area (Å²) in [5.41, 5.74) is -0.0882.